The van der Waals surface area contributed by atoms with Crippen LogP contribution in [0, 0.1) is 5.82 Å². The molecule has 0 N–H and O–H groups in total. The van der Waals surface area contributed by atoms with Gasteiger partial charge in [-0.15, -0.1) is 0 Å². The molecule has 0 bridgehead atoms. The van der Waals surface area contributed by atoms with E-state index in [1.54, 1.807) is 18.2 Å². The molecule has 1 heterocycles. The summed E-state index contributed by atoms with van der Waals surface area (Å²) < 4.78 is 18.8. The Balaban J connectivity index is 2.36. The molecule has 2 heteroatoms. The number of aryl methyl sites for hydroxylation is 1. The van der Waals surface area contributed by atoms with E-state index in [2.05, 4.69) is 6.92 Å². The van der Waals surface area contributed by atoms with E-state index >= 15 is 0 Å². The van der Waals surface area contributed by atoms with E-state index < -0.39 is 0 Å². The van der Waals surface area contributed by atoms with Crippen LogP contribution >= 0.6 is 0 Å². The van der Waals surface area contributed by atoms with Crippen LogP contribution in [-0.4, -0.2) is 0 Å². The Morgan fingerprint density at radius 3 is 2.93 bits per heavy atom. The normalized spacial score (nSPS) is 11.0. The van der Waals surface area contributed by atoms with Crippen LogP contribution in [0.3, 0.4) is 0 Å². The van der Waals surface area contributed by atoms with E-state index in [-0.39, 0.29) is 5.82 Å². The van der Waals surface area contributed by atoms with Crippen molar-refractivity contribution in [2.45, 2.75) is 26.2 Å². The molecule has 2 aromatic rings. The van der Waals surface area contributed by atoms with Gasteiger partial charge in [-0.3, -0.25) is 0 Å². The number of fused-ring (bicyclic) bond motifs is 1. The first-order chi connectivity index (χ1) is 6.81. The zero-order valence-electron chi connectivity index (χ0n) is 8.22. The monoisotopic (exact) mass is 192 g/mol. The van der Waals surface area contributed by atoms with Gasteiger partial charge in [0.2, 0.25) is 0 Å². The second kappa shape index (κ2) is 3.82. The van der Waals surface area contributed by atoms with Crippen LogP contribution < -0.4 is 0 Å². The summed E-state index contributed by atoms with van der Waals surface area (Å²) in [6.07, 6.45) is 3.10. The summed E-state index contributed by atoms with van der Waals surface area (Å²) >= 11 is 0. The molecule has 0 saturated heterocycles. The first kappa shape index (κ1) is 9.25. The highest BCUT2D eigenvalue weighted by atomic mass is 19.1. The third-order valence-corrected chi connectivity index (χ3v) is 2.34. The Hall–Kier alpha value is -1.31. The molecule has 0 spiro atoms. The SMILES string of the molecule is CCCCc1cc2c(F)cccc2o1. The van der Waals surface area contributed by atoms with Gasteiger partial charge < -0.3 is 4.42 Å². The lowest BCUT2D eigenvalue weighted by Gasteiger charge is -1.90. The maximum atomic E-state index is 13.3. The lowest BCUT2D eigenvalue weighted by molar-refractivity contribution is 0.536. The predicted molar refractivity (Wildman–Crippen MR) is 54.8 cm³/mol. The van der Waals surface area contributed by atoms with Gasteiger partial charge in [0, 0.05) is 6.42 Å². The number of halogens is 1. The summed E-state index contributed by atoms with van der Waals surface area (Å²) in [4.78, 5) is 0. The highest BCUT2D eigenvalue weighted by Gasteiger charge is 2.06. The standard InChI is InChI=1S/C12H13FO/c1-2-3-5-9-8-10-11(13)6-4-7-12(10)14-9/h4,6-8H,2-3,5H2,1H3. The maximum absolute atomic E-state index is 13.3. The molecule has 0 aliphatic rings. The molecule has 1 aromatic carbocycles. The average molecular weight is 192 g/mol. The molecular formula is C12H13FO. The molecule has 0 saturated carbocycles. The van der Waals surface area contributed by atoms with Crippen molar-refractivity contribution in [3.05, 3.63) is 35.8 Å². The molecule has 14 heavy (non-hydrogen) atoms. The van der Waals surface area contributed by atoms with Crippen LogP contribution in [0.15, 0.2) is 28.7 Å². The molecule has 0 amide bonds. The second-order valence-corrected chi connectivity index (χ2v) is 3.47. The number of hydrogen-bond donors (Lipinski definition) is 0. The molecule has 0 radical (unpaired) electrons. The summed E-state index contributed by atoms with van der Waals surface area (Å²) in [7, 11) is 0. The van der Waals surface area contributed by atoms with Gasteiger partial charge in [-0.25, -0.2) is 4.39 Å². The number of furan rings is 1. The Morgan fingerprint density at radius 1 is 1.36 bits per heavy atom. The molecule has 0 atom stereocenters. The fraction of sp³-hybridized carbons (Fsp3) is 0.333. The fourth-order valence-corrected chi connectivity index (χ4v) is 1.55. The summed E-state index contributed by atoms with van der Waals surface area (Å²) in [6, 6.07) is 6.74. The first-order valence-corrected chi connectivity index (χ1v) is 4.98. The van der Waals surface area contributed by atoms with Gasteiger partial charge in [0.05, 0.1) is 5.39 Å². The van der Waals surface area contributed by atoms with Gasteiger partial charge in [-0.05, 0) is 24.6 Å². The summed E-state index contributed by atoms with van der Waals surface area (Å²) in [5.74, 6) is 0.681. The largest absolute Gasteiger partial charge is 0.461 e. The minimum atomic E-state index is -0.200. The van der Waals surface area contributed by atoms with Crippen LogP contribution in [0.4, 0.5) is 4.39 Å². The van der Waals surface area contributed by atoms with Gasteiger partial charge in [-0.1, -0.05) is 19.4 Å². The van der Waals surface area contributed by atoms with Crippen molar-refractivity contribution in [3.8, 4) is 0 Å². The molecule has 0 aliphatic carbocycles. The minimum absolute atomic E-state index is 0.200. The number of unbranched alkanes of at least 4 members (excludes halogenated alkanes) is 1. The van der Waals surface area contributed by atoms with E-state index in [0.717, 1.165) is 25.0 Å². The van der Waals surface area contributed by atoms with E-state index in [1.807, 2.05) is 0 Å². The molecule has 1 nitrogen and oxygen atoms in total. The van der Waals surface area contributed by atoms with Gasteiger partial charge in [-0.2, -0.15) is 0 Å². The van der Waals surface area contributed by atoms with Crippen LogP contribution in [0.25, 0.3) is 11.0 Å². The molecule has 0 unspecified atom stereocenters. The van der Waals surface area contributed by atoms with Crippen LogP contribution in [-0.2, 0) is 6.42 Å². The highest BCUT2D eigenvalue weighted by Crippen LogP contribution is 2.22. The number of rotatable bonds is 3. The summed E-state index contributed by atoms with van der Waals surface area (Å²) in [6.45, 7) is 2.13. The first-order valence-electron chi connectivity index (χ1n) is 4.98. The predicted octanol–water partition coefficient (Wildman–Crippen LogP) is 3.91. The minimum Gasteiger partial charge on any atom is -0.461 e. The third kappa shape index (κ3) is 1.65. The number of benzene rings is 1. The van der Waals surface area contributed by atoms with E-state index in [1.165, 1.54) is 6.07 Å². The average Bonchev–Trinajstić information content (AvgIpc) is 2.59. The molecule has 74 valence electrons. The quantitative estimate of drug-likeness (QED) is 0.718. The summed E-state index contributed by atoms with van der Waals surface area (Å²) in [5.41, 5.74) is 0.649. The van der Waals surface area contributed by atoms with Crippen LogP contribution in [0.1, 0.15) is 25.5 Å². The van der Waals surface area contributed by atoms with E-state index in [9.17, 15) is 4.39 Å². The van der Waals surface area contributed by atoms with Crippen molar-refractivity contribution < 1.29 is 8.81 Å². The fourth-order valence-electron chi connectivity index (χ4n) is 1.55. The van der Waals surface area contributed by atoms with E-state index in [0.29, 0.717) is 11.0 Å². The van der Waals surface area contributed by atoms with Gasteiger partial charge in [0.15, 0.2) is 0 Å². The van der Waals surface area contributed by atoms with Crippen molar-refractivity contribution in [3.63, 3.8) is 0 Å². The Bertz CT molecular complexity index is 431. The van der Waals surface area contributed by atoms with Crippen LogP contribution in [0.5, 0.6) is 0 Å². The summed E-state index contributed by atoms with van der Waals surface area (Å²) in [5, 5.41) is 0.596. The van der Waals surface area contributed by atoms with Crippen molar-refractivity contribution >= 4 is 11.0 Å². The Labute approximate surface area is 82.5 Å². The zero-order chi connectivity index (χ0) is 9.97. The van der Waals surface area contributed by atoms with Gasteiger partial charge in [0.25, 0.3) is 0 Å². The maximum Gasteiger partial charge on any atom is 0.137 e. The van der Waals surface area contributed by atoms with Gasteiger partial charge >= 0.3 is 0 Å². The lowest BCUT2D eigenvalue weighted by Crippen LogP contribution is -1.78. The smallest absolute Gasteiger partial charge is 0.137 e. The van der Waals surface area contributed by atoms with Crippen molar-refractivity contribution in [1.29, 1.82) is 0 Å². The van der Waals surface area contributed by atoms with Crippen LogP contribution in [0.2, 0.25) is 0 Å². The number of hydrogen-bond acceptors (Lipinski definition) is 1. The molecule has 2 rings (SSSR count). The molecular weight excluding hydrogens is 179 g/mol. The Morgan fingerprint density at radius 2 is 2.21 bits per heavy atom. The lowest BCUT2D eigenvalue weighted by atomic mass is 10.2. The Kier molecular flexibility index (Phi) is 2.53. The zero-order valence-corrected chi connectivity index (χ0v) is 8.22. The van der Waals surface area contributed by atoms with Crippen molar-refractivity contribution in [2.75, 3.05) is 0 Å². The highest BCUT2D eigenvalue weighted by molar-refractivity contribution is 5.78. The third-order valence-electron chi connectivity index (χ3n) is 2.34. The second-order valence-electron chi connectivity index (χ2n) is 3.47. The molecule has 0 fully saturated rings. The van der Waals surface area contributed by atoms with Gasteiger partial charge in [0.1, 0.15) is 17.2 Å². The molecule has 1 aromatic heterocycles. The van der Waals surface area contributed by atoms with Crippen molar-refractivity contribution in [2.24, 2.45) is 0 Å². The van der Waals surface area contributed by atoms with E-state index in [4.69, 9.17) is 4.42 Å². The topological polar surface area (TPSA) is 13.1 Å². The molecule has 0 aliphatic heterocycles. The van der Waals surface area contributed by atoms with Crippen molar-refractivity contribution in [1.82, 2.24) is 0 Å².